The third-order valence-corrected chi connectivity index (χ3v) is 3.39. The second-order valence-electron chi connectivity index (χ2n) is 6.74. The van der Waals surface area contributed by atoms with Gasteiger partial charge >= 0.3 is 12.1 Å². The fraction of sp³-hybridized carbons (Fsp3) is 0.800. The normalized spacial score (nSPS) is 22.8. The zero-order chi connectivity index (χ0) is 16.8. The molecule has 0 saturated heterocycles. The molecule has 1 saturated carbocycles. The molecule has 0 heterocycles. The van der Waals surface area contributed by atoms with Crippen LogP contribution in [0.15, 0.2) is 5.16 Å². The summed E-state index contributed by atoms with van der Waals surface area (Å²) in [6, 6.07) is 0. The van der Waals surface area contributed by atoms with E-state index < -0.39 is 11.7 Å². The average Bonchev–Trinajstić information content (AvgIpc) is 2.41. The summed E-state index contributed by atoms with van der Waals surface area (Å²) >= 11 is 0. The number of amides is 1. The van der Waals surface area contributed by atoms with Gasteiger partial charge in [0, 0.05) is 6.54 Å². The van der Waals surface area contributed by atoms with Gasteiger partial charge in [-0.25, -0.2) is 9.59 Å². The van der Waals surface area contributed by atoms with E-state index in [9.17, 15) is 9.59 Å². The summed E-state index contributed by atoms with van der Waals surface area (Å²) in [5.74, 6) is 0.115. The molecule has 1 aliphatic rings. The monoisotopic (exact) mass is 313 g/mol. The zero-order valence-corrected chi connectivity index (χ0v) is 13.8. The van der Waals surface area contributed by atoms with Gasteiger partial charge in [0.25, 0.3) is 0 Å². The smallest absolute Gasteiger partial charge is 0.407 e. The number of nitrogens with one attached hydrogen (secondary N) is 1. The topological polar surface area (TPSA) is 103 Å². The van der Waals surface area contributed by atoms with Gasteiger partial charge in [-0.2, -0.15) is 0 Å². The first-order valence-corrected chi connectivity index (χ1v) is 7.65. The Morgan fingerprint density at radius 3 is 2.32 bits per heavy atom. The van der Waals surface area contributed by atoms with E-state index in [0.29, 0.717) is 12.5 Å². The number of oxime groups is 1. The zero-order valence-electron chi connectivity index (χ0n) is 13.8. The highest BCUT2D eigenvalue weighted by Gasteiger charge is 2.28. The molecule has 0 aromatic rings. The van der Waals surface area contributed by atoms with Gasteiger partial charge in [0.2, 0.25) is 0 Å². The molecular formula is C15H27N3O4. The lowest BCUT2D eigenvalue weighted by Crippen LogP contribution is -2.36. The van der Waals surface area contributed by atoms with Crippen molar-refractivity contribution < 1.29 is 19.2 Å². The van der Waals surface area contributed by atoms with Crippen LogP contribution in [0.25, 0.3) is 0 Å². The predicted octanol–water partition coefficient (Wildman–Crippen LogP) is 2.15. The van der Waals surface area contributed by atoms with Gasteiger partial charge in [-0.05, 0) is 59.3 Å². The van der Waals surface area contributed by atoms with Crippen LogP contribution >= 0.6 is 0 Å². The SMILES string of the molecule is C/C(N)=N/OC(=O)[C@H]1CC[C@H](CNC(=O)OC(C)(C)C)CC1. The summed E-state index contributed by atoms with van der Waals surface area (Å²) < 4.78 is 5.19. The molecule has 0 unspecified atom stereocenters. The van der Waals surface area contributed by atoms with E-state index >= 15 is 0 Å². The van der Waals surface area contributed by atoms with Crippen LogP contribution in [0.1, 0.15) is 53.4 Å². The van der Waals surface area contributed by atoms with Crippen LogP contribution in [0.5, 0.6) is 0 Å². The van der Waals surface area contributed by atoms with Crippen LogP contribution in [-0.2, 0) is 14.4 Å². The molecule has 0 spiro atoms. The van der Waals surface area contributed by atoms with Crippen molar-refractivity contribution in [3.8, 4) is 0 Å². The van der Waals surface area contributed by atoms with Crippen LogP contribution in [0.2, 0.25) is 0 Å². The van der Waals surface area contributed by atoms with E-state index in [1.807, 2.05) is 20.8 Å². The Morgan fingerprint density at radius 2 is 1.82 bits per heavy atom. The van der Waals surface area contributed by atoms with Crippen molar-refractivity contribution in [1.82, 2.24) is 5.32 Å². The largest absolute Gasteiger partial charge is 0.444 e. The van der Waals surface area contributed by atoms with E-state index in [1.54, 1.807) is 6.92 Å². The number of nitrogens with zero attached hydrogens (tertiary/aromatic N) is 1. The van der Waals surface area contributed by atoms with Gasteiger partial charge in [0.05, 0.1) is 5.92 Å². The first-order chi connectivity index (χ1) is 10.2. The minimum atomic E-state index is -0.493. The quantitative estimate of drug-likeness (QED) is 0.358. The Hall–Kier alpha value is -1.79. The van der Waals surface area contributed by atoms with Gasteiger partial charge < -0.3 is 20.6 Å². The molecule has 0 radical (unpaired) electrons. The molecule has 0 atom stereocenters. The van der Waals surface area contributed by atoms with Crippen LogP contribution < -0.4 is 11.1 Å². The molecule has 0 aromatic carbocycles. The summed E-state index contributed by atoms with van der Waals surface area (Å²) in [6.07, 6.45) is 2.79. The number of carbonyl (C=O) groups excluding carboxylic acids is 2. The average molecular weight is 313 g/mol. The second kappa shape index (κ2) is 8.00. The fourth-order valence-corrected chi connectivity index (χ4v) is 2.34. The molecule has 22 heavy (non-hydrogen) atoms. The number of hydrogen-bond acceptors (Lipinski definition) is 5. The molecule has 1 rings (SSSR count). The van der Waals surface area contributed by atoms with Crippen molar-refractivity contribution >= 4 is 17.9 Å². The lowest BCUT2D eigenvalue weighted by molar-refractivity contribution is -0.150. The number of nitrogens with two attached hydrogens (primary N) is 1. The van der Waals surface area contributed by atoms with Crippen LogP contribution in [0, 0.1) is 11.8 Å². The van der Waals surface area contributed by atoms with Crippen molar-refractivity contribution in [2.75, 3.05) is 6.54 Å². The van der Waals surface area contributed by atoms with E-state index in [1.165, 1.54) is 0 Å². The Labute approximate surface area is 131 Å². The predicted molar refractivity (Wildman–Crippen MR) is 83.1 cm³/mol. The van der Waals surface area contributed by atoms with Crippen molar-refractivity contribution in [2.24, 2.45) is 22.7 Å². The minimum absolute atomic E-state index is 0.138. The third-order valence-electron chi connectivity index (χ3n) is 3.39. The van der Waals surface area contributed by atoms with Crippen LogP contribution in [-0.4, -0.2) is 30.0 Å². The Balaban J connectivity index is 2.27. The van der Waals surface area contributed by atoms with Crippen LogP contribution in [0.4, 0.5) is 4.79 Å². The van der Waals surface area contributed by atoms with E-state index in [0.717, 1.165) is 25.7 Å². The molecule has 1 amide bonds. The Bertz CT molecular complexity index is 417. The molecular weight excluding hydrogens is 286 g/mol. The van der Waals surface area contributed by atoms with Crippen molar-refractivity contribution in [3.05, 3.63) is 0 Å². The molecule has 0 bridgehead atoms. The van der Waals surface area contributed by atoms with E-state index in [2.05, 4.69) is 10.5 Å². The summed E-state index contributed by atoms with van der Waals surface area (Å²) in [4.78, 5) is 28.1. The molecule has 1 fully saturated rings. The Kier molecular flexibility index (Phi) is 6.64. The molecule has 0 aromatic heterocycles. The Morgan fingerprint density at radius 1 is 1.23 bits per heavy atom. The molecule has 0 aliphatic heterocycles. The molecule has 3 N–H and O–H groups in total. The maximum atomic E-state index is 11.8. The number of hydrogen-bond donors (Lipinski definition) is 2. The summed E-state index contributed by atoms with van der Waals surface area (Å²) in [7, 11) is 0. The number of ether oxygens (including phenoxy) is 1. The number of rotatable bonds is 4. The summed E-state index contributed by atoms with van der Waals surface area (Å²) in [5.41, 5.74) is 4.83. The molecule has 7 nitrogen and oxygen atoms in total. The maximum absolute atomic E-state index is 11.8. The van der Waals surface area contributed by atoms with Crippen molar-refractivity contribution in [2.45, 2.75) is 59.0 Å². The number of alkyl carbamates (subject to hydrolysis) is 1. The highest BCUT2D eigenvalue weighted by atomic mass is 16.7. The highest BCUT2D eigenvalue weighted by molar-refractivity contribution is 5.79. The van der Waals surface area contributed by atoms with Crippen LogP contribution in [0.3, 0.4) is 0 Å². The first kappa shape index (κ1) is 18.3. The highest BCUT2D eigenvalue weighted by Crippen LogP contribution is 2.29. The maximum Gasteiger partial charge on any atom is 0.407 e. The standard InChI is InChI=1S/C15H27N3O4/c1-10(16)18-22-13(19)12-7-5-11(6-8-12)9-17-14(20)21-15(2,3)4/h11-12H,5-9H2,1-4H3,(H2,16,18)(H,17,20)/t11-,12-. The lowest BCUT2D eigenvalue weighted by atomic mass is 9.82. The second-order valence-corrected chi connectivity index (χ2v) is 6.74. The number of amidine groups is 1. The van der Waals surface area contributed by atoms with E-state index in [4.69, 9.17) is 15.3 Å². The fourth-order valence-electron chi connectivity index (χ4n) is 2.34. The molecule has 1 aliphatic carbocycles. The minimum Gasteiger partial charge on any atom is -0.444 e. The van der Waals surface area contributed by atoms with Gasteiger partial charge in [0.15, 0.2) is 0 Å². The van der Waals surface area contributed by atoms with Gasteiger partial charge in [-0.3, -0.25) is 0 Å². The van der Waals surface area contributed by atoms with Crippen molar-refractivity contribution in [1.29, 1.82) is 0 Å². The molecule has 7 heteroatoms. The third kappa shape index (κ3) is 7.28. The molecule has 126 valence electrons. The number of carbonyl (C=O) groups is 2. The first-order valence-electron chi connectivity index (χ1n) is 7.65. The van der Waals surface area contributed by atoms with Crippen molar-refractivity contribution in [3.63, 3.8) is 0 Å². The van der Waals surface area contributed by atoms with Gasteiger partial charge in [-0.15, -0.1) is 0 Å². The van der Waals surface area contributed by atoms with E-state index in [-0.39, 0.29) is 17.7 Å². The summed E-state index contributed by atoms with van der Waals surface area (Å²) in [6.45, 7) is 7.61. The van der Waals surface area contributed by atoms with Gasteiger partial charge in [-0.1, -0.05) is 5.16 Å². The lowest BCUT2D eigenvalue weighted by Gasteiger charge is -2.27. The summed E-state index contributed by atoms with van der Waals surface area (Å²) in [5, 5.41) is 6.26. The van der Waals surface area contributed by atoms with Gasteiger partial charge in [0.1, 0.15) is 11.4 Å².